The van der Waals surface area contributed by atoms with Gasteiger partial charge >= 0.3 is 0 Å². The molecule has 1 aliphatic carbocycles. The third-order valence-corrected chi connectivity index (χ3v) is 6.63. The molecule has 2 aliphatic rings. The van der Waals surface area contributed by atoms with Crippen LogP contribution in [0.1, 0.15) is 43.1 Å². The quantitative estimate of drug-likeness (QED) is 0.653. The first-order chi connectivity index (χ1) is 15.5. The first-order valence-electron chi connectivity index (χ1n) is 11.0. The number of furan rings is 1. The Morgan fingerprint density at radius 3 is 2.62 bits per heavy atom. The summed E-state index contributed by atoms with van der Waals surface area (Å²) >= 11 is 0. The van der Waals surface area contributed by atoms with Crippen LogP contribution >= 0.6 is 0 Å². The fraction of sp³-hybridized carbons (Fsp3) is 0.360. The summed E-state index contributed by atoms with van der Waals surface area (Å²) in [5.41, 5.74) is 0.804. The molecule has 0 bridgehead atoms. The number of anilines is 1. The van der Waals surface area contributed by atoms with Crippen molar-refractivity contribution in [3.05, 3.63) is 60.5 Å². The van der Waals surface area contributed by atoms with E-state index in [0.29, 0.717) is 29.4 Å². The maximum atomic E-state index is 13.8. The Bertz CT molecular complexity index is 1140. The number of methoxy groups -OCH3 is 1. The molecule has 1 fully saturated rings. The molecule has 166 valence electrons. The van der Waals surface area contributed by atoms with Gasteiger partial charge in [-0.3, -0.25) is 14.5 Å². The zero-order valence-electron chi connectivity index (χ0n) is 18.3. The number of hydrogen-bond donors (Lipinski definition) is 1. The van der Waals surface area contributed by atoms with E-state index in [-0.39, 0.29) is 17.9 Å². The van der Waals surface area contributed by atoms with Crippen molar-refractivity contribution in [2.24, 2.45) is 0 Å². The largest absolute Gasteiger partial charge is 0.497 e. The standard InChI is InChI=1S/C25H27N3O4/c1-25(24(30)26-17-7-3-4-8-17)16-27-20(22-11-6-14-32-22)12-13-21(27)23(29)28(25)18-9-5-10-19(15-18)31-2/h5-6,9-15,17H,3-4,7-8,16H2,1-2H3,(H,26,30). The second-order valence-corrected chi connectivity index (χ2v) is 8.74. The Hall–Kier alpha value is -3.48. The number of carbonyl (C=O) groups excluding carboxylic acids is 2. The molecular weight excluding hydrogens is 406 g/mol. The molecule has 3 heterocycles. The lowest BCUT2D eigenvalue weighted by Gasteiger charge is -2.44. The van der Waals surface area contributed by atoms with Crippen LogP contribution in [0.4, 0.5) is 5.69 Å². The van der Waals surface area contributed by atoms with Crippen molar-refractivity contribution in [1.29, 1.82) is 0 Å². The monoisotopic (exact) mass is 433 g/mol. The van der Waals surface area contributed by atoms with Crippen molar-refractivity contribution in [2.45, 2.75) is 50.7 Å². The van der Waals surface area contributed by atoms with Crippen LogP contribution in [0.15, 0.2) is 59.2 Å². The van der Waals surface area contributed by atoms with E-state index in [1.165, 1.54) is 0 Å². The van der Waals surface area contributed by atoms with Gasteiger partial charge in [0.25, 0.3) is 5.91 Å². The van der Waals surface area contributed by atoms with Crippen LogP contribution < -0.4 is 15.0 Å². The molecule has 7 heteroatoms. The van der Waals surface area contributed by atoms with Crippen LogP contribution in [-0.4, -0.2) is 35.1 Å². The SMILES string of the molecule is COc1cccc(N2C(=O)c3ccc(-c4ccco4)n3CC2(C)C(=O)NC2CCCC2)c1. The maximum Gasteiger partial charge on any atom is 0.275 e. The molecule has 2 aromatic heterocycles. The molecule has 1 N–H and O–H groups in total. The lowest BCUT2D eigenvalue weighted by molar-refractivity contribution is -0.127. The second-order valence-electron chi connectivity index (χ2n) is 8.74. The number of carbonyl (C=O) groups is 2. The van der Waals surface area contributed by atoms with Crippen molar-refractivity contribution in [3.63, 3.8) is 0 Å². The van der Waals surface area contributed by atoms with E-state index in [1.54, 1.807) is 30.4 Å². The van der Waals surface area contributed by atoms with Crippen molar-refractivity contribution >= 4 is 17.5 Å². The summed E-state index contributed by atoms with van der Waals surface area (Å²) in [7, 11) is 1.59. The molecule has 1 aromatic carbocycles. The van der Waals surface area contributed by atoms with Gasteiger partial charge in [0.05, 0.1) is 25.6 Å². The van der Waals surface area contributed by atoms with Crippen molar-refractivity contribution in [2.75, 3.05) is 12.0 Å². The molecule has 1 saturated carbocycles. The van der Waals surface area contributed by atoms with E-state index < -0.39 is 5.54 Å². The predicted octanol–water partition coefficient (Wildman–Crippen LogP) is 4.23. The van der Waals surface area contributed by atoms with E-state index in [1.807, 2.05) is 47.9 Å². The first-order valence-corrected chi connectivity index (χ1v) is 11.0. The smallest absolute Gasteiger partial charge is 0.275 e. The fourth-order valence-electron chi connectivity index (χ4n) is 4.92. The number of hydrogen-bond acceptors (Lipinski definition) is 4. The Balaban J connectivity index is 1.61. The van der Waals surface area contributed by atoms with E-state index >= 15 is 0 Å². The van der Waals surface area contributed by atoms with Crippen molar-refractivity contribution in [1.82, 2.24) is 9.88 Å². The van der Waals surface area contributed by atoms with Crippen LogP contribution in [0.2, 0.25) is 0 Å². The summed E-state index contributed by atoms with van der Waals surface area (Å²) in [4.78, 5) is 29.1. The number of nitrogens with one attached hydrogen (secondary N) is 1. The summed E-state index contributed by atoms with van der Waals surface area (Å²) in [6, 6.07) is 14.8. The molecule has 0 radical (unpaired) electrons. The molecule has 7 nitrogen and oxygen atoms in total. The van der Waals surface area contributed by atoms with E-state index in [4.69, 9.17) is 9.15 Å². The maximum absolute atomic E-state index is 13.8. The Morgan fingerprint density at radius 2 is 1.91 bits per heavy atom. The normalized spacial score (nSPS) is 20.9. The zero-order valence-corrected chi connectivity index (χ0v) is 18.3. The summed E-state index contributed by atoms with van der Waals surface area (Å²) in [5.74, 6) is 0.917. The molecule has 1 unspecified atom stereocenters. The van der Waals surface area contributed by atoms with Gasteiger partial charge in [-0.2, -0.15) is 0 Å². The van der Waals surface area contributed by atoms with Crippen molar-refractivity contribution < 1.29 is 18.7 Å². The predicted molar refractivity (Wildman–Crippen MR) is 121 cm³/mol. The fourth-order valence-corrected chi connectivity index (χ4v) is 4.92. The molecule has 3 aromatic rings. The van der Waals surface area contributed by atoms with Gasteiger partial charge in [-0.05, 0) is 56.2 Å². The van der Waals surface area contributed by atoms with Gasteiger partial charge in [-0.25, -0.2) is 0 Å². The Morgan fingerprint density at radius 1 is 1.12 bits per heavy atom. The minimum absolute atomic E-state index is 0.148. The average Bonchev–Trinajstić information content (AvgIpc) is 3.55. The Labute approximate surface area is 187 Å². The highest BCUT2D eigenvalue weighted by atomic mass is 16.5. The highest BCUT2D eigenvalue weighted by Crippen LogP contribution is 2.37. The molecule has 2 amide bonds. The van der Waals surface area contributed by atoms with Crippen LogP contribution in [0.5, 0.6) is 5.75 Å². The number of nitrogens with zero attached hydrogens (tertiary/aromatic N) is 2. The zero-order chi connectivity index (χ0) is 22.3. The van der Waals surface area contributed by atoms with Crippen molar-refractivity contribution in [3.8, 4) is 17.2 Å². The highest BCUT2D eigenvalue weighted by Gasteiger charge is 2.49. The third kappa shape index (κ3) is 3.28. The van der Waals surface area contributed by atoms with E-state index in [2.05, 4.69) is 5.32 Å². The molecule has 32 heavy (non-hydrogen) atoms. The van der Waals surface area contributed by atoms with Gasteiger partial charge in [0.1, 0.15) is 22.7 Å². The minimum atomic E-state index is -1.13. The molecule has 5 rings (SSSR count). The topological polar surface area (TPSA) is 76.7 Å². The molecular formula is C25H27N3O4. The second kappa shape index (κ2) is 7.89. The number of amides is 2. The summed E-state index contributed by atoms with van der Waals surface area (Å²) in [6.45, 7) is 2.15. The number of benzene rings is 1. The van der Waals surface area contributed by atoms with Gasteiger partial charge < -0.3 is 19.0 Å². The molecule has 0 spiro atoms. The van der Waals surface area contributed by atoms with Gasteiger partial charge in [0.15, 0.2) is 0 Å². The molecule has 1 aliphatic heterocycles. The van der Waals surface area contributed by atoms with Crippen LogP contribution in [0.3, 0.4) is 0 Å². The number of ether oxygens (including phenoxy) is 1. The van der Waals surface area contributed by atoms with Crippen LogP contribution in [-0.2, 0) is 11.3 Å². The summed E-state index contributed by atoms with van der Waals surface area (Å²) < 4.78 is 12.9. The van der Waals surface area contributed by atoms with Crippen LogP contribution in [0.25, 0.3) is 11.5 Å². The van der Waals surface area contributed by atoms with Gasteiger partial charge in [0, 0.05) is 17.8 Å². The van der Waals surface area contributed by atoms with Gasteiger partial charge in [-0.15, -0.1) is 0 Å². The van der Waals surface area contributed by atoms with Gasteiger partial charge in [0.2, 0.25) is 5.91 Å². The summed E-state index contributed by atoms with van der Waals surface area (Å²) in [5, 5.41) is 3.21. The lowest BCUT2D eigenvalue weighted by Crippen LogP contribution is -2.65. The summed E-state index contributed by atoms with van der Waals surface area (Å²) in [6.07, 6.45) is 5.78. The lowest BCUT2D eigenvalue weighted by atomic mass is 9.93. The first kappa shape index (κ1) is 20.4. The minimum Gasteiger partial charge on any atom is -0.497 e. The van der Waals surface area contributed by atoms with E-state index in [9.17, 15) is 9.59 Å². The highest BCUT2D eigenvalue weighted by molar-refractivity contribution is 6.12. The number of aromatic nitrogens is 1. The molecule has 1 atom stereocenters. The van der Waals surface area contributed by atoms with E-state index in [0.717, 1.165) is 31.4 Å². The van der Waals surface area contributed by atoms with Gasteiger partial charge in [-0.1, -0.05) is 18.9 Å². The molecule has 0 saturated heterocycles. The Kier molecular flexibility index (Phi) is 5.04. The van der Waals surface area contributed by atoms with Crippen LogP contribution in [0, 0.1) is 0 Å². The number of rotatable bonds is 5. The number of fused-ring (bicyclic) bond motifs is 1. The third-order valence-electron chi connectivity index (χ3n) is 6.63. The average molecular weight is 434 g/mol.